The molecule has 2 heterocycles. The number of carbonyl (C=O) groups excluding carboxylic acids is 1. The topological polar surface area (TPSA) is 91.8 Å². The number of rotatable bonds is 7. The molecule has 1 amide bonds. The van der Waals surface area contributed by atoms with Gasteiger partial charge in [-0.2, -0.15) is 4.31 Å². The summed E-state index contributed by atoms with van der Waals surface area (Å²) >= 11 is 0. The Kier molecular flexibility index (Phi) is 7.06. The third-order valence-corrected chi connectivity index (χ3v) is 7.00. The number of aromatic nitrogens is 1. The number of nitrogens with one attached hydrogen (secondary N) is 1. The molecule has 9 heteroatoms. The first-order chi connectivity index (χ1) is 14.3. The van der Waals surface area contributed by atoms with Crippen LogP contribution in [0.3, 0.4) is 0 Å². The summed E-state index contributed by atoms with van der Waals surface area (Å²) in [6.45, 7) is 3.59. The monoisotopic (exact) mass is 432 g/mol. The van der Waals surface area contributed by atoms with Gasteiger partial charge in [-0.3, -0.25) is 4.79 Å². The molecular weight excluding hydrogens is 404 g/mol. The molecular formula is C21H28N4O4S. The molecule has 0 bridgehead atoms. The molecule has 162 valence electrons. The standard InChI is InChI=1S/C21H28N4O4S/c1-4-17-6-7-18(13-19(17)30(27,28)25-9-11-29-12-10-25)21(26)23-15-16-5-8-20(22-14-16)24(2)3/h5-8,13-14H,4,9-12,15H2,1-3H3,(H,23,26). The summed E-state index contributed by atoms with van der Waals surface area (Å²) in [5, 5.41) is 2.84. The zero-order chi connectivity index (χ0) is 21.7. The second kappa shape index (κ2) is 9.55. The number of amides is 1. The zero-order valence-electron chi connectivity index (χ0n) is 17.6. The van der Waals surface area contributed by atoms with Crippen LogP contribution in [0.25, 0.3) is 0 Å². The van der Waals surface area contributed by atoms with Crippen molar-refractivity contribution in [2.24, 2.45) is 0 Å². The van der Waals surface area contributed by atoms with Crippen molar-refractivity contribution >= 4 is 21.7 Å². The van der Waals surface area contributed by atoms with Gasteiger partial charge in [-0.25, -0.2) is 13.4 Å². The van der Waals surface area contributed by atoms with E-state index in [1.807, 2.05) is 38.1 Å². The Labute approximate surface area is 177 Å². The number of sulfonamides is 1. The van der Waals surface area contributed by atoms with Crippen molar-refractivity contribution in [3.8, 4) is 0 Å². The number of carbonyl (C=O) groups is 1. The van der Waals surface area contributed by atoms with E-state index in [9.17, 15) is 13.2 Å². The highest BCUT2D eigenvalue weighted by atomic mass is 32.2. The number of hydrogen-bond donors (Lipinski definition) is 1. The van der Waals surface area contributed by atoms with Gasteiger partial charge in [0, 0.05) is 45.5 Å². The van der Waals surface area contributed by atoms with E-state index in [-0.39, 0.29) is 10.8 Å². The van der Waals surface area contributed by atoms with Crippen LogP contribution in [0, 0.1) is 0 Å². The molecule has 1 aromatic heterocycles. The predicted octanol–water partition coefficient (Wildman–Crippen LogP) is 1.66. The Morgan fingerprint density at radius 3 is 2.53 bits per heavy atom. The van der Waals surface area contributed by atoms with Gasteiger partial charge in [-0.1, -0.05) is 19.1 Å². The lowest BCUT2D eigenvalue weighted by Gasteiger charge is -2.27. The summed E-state index contributed by atoms with van der Waals surface area (Å²) in [5.41, 5.74) is 1.87. The van der Waals surface area contributed by atoms with Crippen LogP contribution in [0.4, 0.5) is 5.82 Å². The van der Waals surface area contributed by atoms with Crippen molar-refractivity contribution in [3.05, 3.63) is 53.2 Å². The SMILES string of the molecule is CCc1ccc(C(=O)NCc2ccc(N(C)C)nc2)cc1S(=O)(=O)N1CCOCC1. The van der Waals surface area contributed by atoms with E-state index < -0.39 is 10.0 Å². The Balaban J connectivity index is 1.77. The van der Waals surface area contributed by atoms with Gasteiger partial charge in [0.1, 0.15) is 5.82 Å². The normalized spacial score (nSPS) is 15.0. The molecule has 8 nitrogen and oxygen atoms in total. The summed E-state index contributed by atoms with van der Waals surface area (Å²) in [4.78, 5) is 19.1. The summed E-state index contributed by atoms with van der Waals surface area (Å²) in [6, 6.07) is 8.64. The van der Waals surface area contributed by atoms with Gasteiger partial charge in [0.2, 0.25) is 10.0 Å². The van der Waals surface area contributed by atoms with Crippen LogP contribution in [0.1, 0.15) is 28.4 Å². The summed E-state index contributed by atoms with van der Waals surface area (Å²) < 4.78 is 33.0. The van der Waals surface area contributed by atoms with E-state index in [0.29, 0.717) is 50.4 Å². The first-order valence-corrected chi connectivity index (χ1v) is 11.4. The predicted molar refractivity (Wildman–Crippen MR) is 115 cm³/mol. The summed E-state index contributed by atoms with van der Waals surface area (Å²) in [7, 11) is 0.136. The van der Waals surface area contributed by atoms with E-state index in [4.69, 9.17) is 4.74 Å². The van der Waals surface area contributed by atoms with Gasteiger partial charge in [0.15, 0.2) is 0 Å². The second-order valence-corrected chi connectivity index (χ2v) is 9.20. The van der Waals surface area contributed by atoms with Crippen molar-refractivity contribution in [2.45, 2.75) is 24.8 Å². The number of anilines is 1. The Morgan fingerprint density at radius 1 is 1.20 bits per heavy atom. The second-order valence-electron chi connectivity index (χ2n) is 7.29. The minimum Gasteiger partial charge on any atom is -0.379 e. The molecule has 30 heavy (non-hydrogen) atoms. The van der Waals surface area contributed by atoms with E-state index in [1.54, 1.807) is 18.3 Å². The van der Waals surface area contributed by atoms with Crippen molar-refractivity contribution in [3.63, 3.8) is 0 Å². The zero-order valence-corrected chi connectivity index (χ0v) is 18.4. The summed E-state index contributed by atoms with van der Waals surface area (Å²) in [5.74, 6) is 0.506. The minimum absolute atomic E-state index is 0.191. The highest BCUT2D eigenvalue weighted by Crippen LogP contribution is 2.23. The Bertz CT molecular complexity index is 985. The van der Waals surface area contributed by atoms with Crippen LogP contribution in [-0.4, -0.2) is 64.0 Å². The number of aryl methyl sites for hydroxylation is 1. The molecule has 0 aliphatic carbocycles. The van der Waals surface area contributed by atoms with E-state index in [0.717, 1.165) is 11.4 Å². The number of pyridine rings is 1. The molecule has 3 rings (SSSR count). The molecule has 1 fully saturated rings. The Morgan fingerprint density at radius 2 is 1.93 bits per heavy atom. The van der Waals surface area contributed by atoms with Crippen LogP contribution in [0.2, 0.25) is 0 Å². The van der Waals surface area contributed by atoms with Gasteiger partial charge >= 0.3 is 0 Å². The average Bonchev–Trinajstić information content (AvgIpc) is 2.77. The van der Waals surface area contributed by atoms with Crippen LogP contribution in [-0.2, 0) is 27.7 Å². The first kappa shape index (κ1) is 22.2. The average molecular weight is 433 g/mol. The molecule has 1 aliphatic rings. The number of morpholine rings is 1. The van der Waals surface area contributed by atoms with Gasteiger partial charge in [-0.05, 0) is 35.7 Å². The van der Waals surface area contributed by atoms with Gasteiger partial charge in [0.25, 0.3) is 5.91 Å². The van der Waals surface area contributed by atoms with Crippen molar-refractivity contribution in [2.75, 3.05) is 45.3 Å². The largest absolute Gasteiger partial charge is 0.379 e. The number of benzene rings is 1. The highest BCUT2D eigenvalue weighted by molar-refractivity contribution is 7.89. The van der Waals surface area contributed by atoms with Gasteiger partial charge in [0.05, 0.1) is 18.1 Å². The van der Waals surface area contributed by atoms with Gasteiger partial charge in [-0.15, -0.1) is 0 Å². The molecule has 2 aromatic rings. The maximum absolute atomic E-state index is 13.1. The summed E-state index contributed by atoms with van der Waals surface area (Å²) in [6.07, 6.45) is 2.27. The van der Waals surface area contributed by atoms with Crippen molar-refractivity contribution in [1.29, 1.82) is 0 Å². The van der Waals surface area contributed by atoms with Gasteiger partial charge < -0.3 is 15.0 Å². The molecule has 1 N–H and O–H groups in total. The number of ether oxygens (including phenoxy) is 1. The molecule has 0 radical (unpaired) electrons. The quantitative estimate of drug-likeness (QED) is 0.716. The molecule has 1 aromatic carbocycles. The number of hydrogen-bond acceptors (Lipinski definition) is 6. The van der Waals surface area contributed by atoms with Crippen LogP contribution < -0.4 is 10.2 Å². The van der Waals surface area contributed by atoms with E-state index >= 15 is 0 Å². The van der Waals surface area contributed by atoms with Crippen LogP contribution in [0.5, 0.6) is 0 Å². The van der Waals surface area contributed by atoms with Crippen LogP contribution >= 0.6 is 0 Å². The minimum atomic E-state index is -3.68. The molecule has 0 unspecified atom stereocenters. The van der Waals surface area contributed by atoms with E-state index in [1.165, 1.54) is 10.4 Å². The smallest absolute Gasteiger partial charge is 0.251 e. The maximum atomic E-state index is 13.1. The van der Waals surface area contributed by atoms with Crippen molar-refractivity contribution < 1.29 is 17.9 Å². The fourth-order valence-corrected chi connectivity index (χ4v) is 4.95. The van der Waals surface area contributed by atoms with Crippen LogP contribution in [0.15, 0.2) is 41.4 Å². The third-order valence-electron chi connectivity index (χ3n) is 5.02. The fourth-order valence-electron chi connectivity index (χ4n) is 3.22. The van der Waals surface area contributed by atoms with Crippen molar-refractivity contribution in [1.82, 2.24) is 14.6 Å². The lowest BCUT2D eigenvalue weighted by molar-refractivity contribution is 0.0730. The molecule has 0 atom stereocenters. The fraction of sp³-hybridized carbons (Fsp3) is 0.429. The molecule has 0 spiro atoms. The first-order valence-electron chi connectivity index (χ1n) is 9.94. The third kappa shape index (κ3) is 4.97. The number of nitrogens with zero attached hydrogens (tertiary/aromatic N) is 3. The molecule has 1 saturated heterocycles. The lowest BCUT2D eigenvalue weighted by atomic mass is 10.1. The van der Waals surface area contributed by atoms with E-state index in [2.05, 4.69) is 10.3 Å². The maximum Gasteiger partial charge on any atom is 0.251 e. The molecule has 0 saturated carbocycles. The highest BCUT2D eigenvalue weighted by Gasteiger charge is 2.29. The molecule has 1 aliphatic heterocycles. The Hall–Kier alpha value is -2.49. The lowest BCUT2D eigenvalue weighted by Crippen LogP contribution is -2.41.